The van der Waals surface area contributed by atoms with Gasteiger partial charge in [0, 0.05) is 32.4 Å². The predicted octanol–water partition coefficient (Wildman–Crippen LogP) is 4.16. The summed E-state index contributed by atoms with van der Waals surface area (Å²) in [6.07, 6.45) is 1.09. The number of hydrogen-bond donors (Lipinski definition) is 1. The molecule has 18 heavy (non-hydrogen) atoms. The van der Waals surface area contributed by atoms with Crippen molar-refractivity contribution in [3.05, 3.63) is 21.3 Å². The first kappa shape index (κ1) is 15.0. The third kappa shape index (κ3) is 3.83. The summed E-state index contributed by atoms with van der Waals surface area (Å²) in [6, 6.07) is 4.71. The second-order valence-corrected chi connectivity index (χ2v) is 9.55. The van der Waals surface area contributed by atoms with E-state index >= 15 is 0 Å². The molecule has 0 aromatic carbocycles. The van der Waals surface area contributed by atoms with Crippen LogP contribution in [0.1, 0.15) is 18.7 Å². The van der Waals surface area contributed by atoms with Gasteiger partial charge in [-0.15, -0.1) is 11.3 Å². The molecule has 1 aliphatic rings. The van der Waals surface area contributed by atoms with Gasteiger partial charge in [0.1, 0.15) is 0 Å². The Balaban J connectivity index is 1.96. The van der Waals surface area contributed by atoms with Gasteiger partial charge < -0.3 is 5.32 Å². The Morgan fingerprint density at radius 2 is 2.17 bits per heavy atom. The number of thioether (sulfide) groups is 2. The number of hydrogen-bond acceptors (Lipinski definition) is 4. The summed E-state index contributed by atoms with van der Waals surface area (Å²) in [5.41, 5.74) is 0. The lowest BCUT2D eigenvalue weighted by molar-refractivity contribution is 0.557. The molecule has 102 valence electrons. The molecule has 0 amide bonds. The van der Waals surface area contributed by atoms with Crippen LogP contribution >= 0.6 is 46.5 Å². The van der Waals surface area contributed by atoms with Crippen LogP contribution in [-0.2, 0) is 6.42 Å². The number of halogens is 1. The van der Waals surface area contributed by atoms with E-state index in [0.29, 0.717) is 11.3 Å². The second kappa shape index (κ2) is 6.89. The van der Waals surface area contributed by atoms with Crippen molar-refractivity contribution in [2.45, 2.75) is 42.1 Å². The molecule has 1 aromatic heterocycles. The van der Waals surface area contributed by atoms with Gasteiger partial charge in [0.15, 0.2) is 0 Å². The Hall–Kier alpha value is 0.650. The summed E-state index contributed by atoms with van der Waals surface area (Å²) in [4.78, 5) is 1.39. The SMILES string of the molecule is CNC(Cc1ccc(Cl)s1)C1CSC(C)C(C)S1. The van der Waals surface area contributed by atoms with Crippen molar-refractivity contribution in [1.29, 1.82) is 0 Å². The standard InChI is InChI=1S/C13H20ClNS3/c1-8-9(2)17-12(7-16-8)11(15-3)6-10-4-5-13(14)18-10/h4-5,8-9,11-12,15H,6-7H2,1-3H3. The molecule has 0 radical (unpaired) electrons. The third-order valence-corrected chi connectivity index (χ3v) is 8.25. The molecule has 0 spiro atoms. The van der Waals surface area contributed by atoms with Gasteiger partial charge in [-0.3, -0.25) is 0 Å². The van der Waals surface area contributed by atoms with E-state index in [1.165, 1.54) is 10.6 Å². The van der Waals surface area contributed by atoms with Gasteiger partial charge in [-0.05, 0) is 25.6 Å². The van der Waals surface area contributed by atoms with Gasteiger partial charge in [-0.1, -0.05) is 25.4 Å². The highest BCUT2D eigenvalue weighted by atomic mass is 35.5. The minimum Gasteiger partial charge on any atom is -0.316 e. The molecule has 0 bridgehead atoms. The van der Waals surface area contributed by atoms with E-state index in [1.54, 1.807) is 11.3 Å². The molecule has 5 heteroatoms. The first-order valence-corrected chi connectivity index (χ1v) is 9.47. The molecule has 1 aliphatic heterocycles. The van der Waals surface area contributed by atoms with Crippen LogP contribution in [0.15, 0.2) is 12.1 Å². The van der Waals surface area contributed by atoms with Crippen LogP contribution in [0.2, 0.25) is 4.34 Å². The summed E-state index contributed by atoms with van der Waals surface area (Å²) in [6.45, 7) is 4.69. The number of nitrogens with one attached hydrogen (secondary N) is 1. The number of likely N-dealkylation sites (N-methyl/N-ethyl adjacent to an activating group) is 1. The molecule has 4 unspecified atom stereocenters. The quantitative estimate of drug-likeness (QED) is 0.894. The summed E-state index contributed by atoms with van der Waals surface area (Å²) < 4.78 is 0.896. The Kier molecular flexibility index (Phi) is 5.76. The molecule has 1 nitrogen and oxygen atoms in total. The van der Waals surface area contributed by atoms with E-state index < -0.39 is 0 Å². The van der Waals surface area contributed by atoms with Crippen LogP contribution in [0, 0.1) is 0 Å². The largest absolute Gasteiger partial charge is 0.316 e. The van der Waals surface area contributed by atoms with Crippen LogP contribution in [-0.4, -0.2) is 34.6 Å². The Morgan fingerprint density at radius 3 is 2.72 bits per heavy atom. The van der Waals surface area contributed by atoms with E-state index in [4.69, 9.17) is 11.6 Å². The van der Waals surface area contributed by atoms with Gasteiger partial charge in [-0.25, -0.2) is 0 Å². The molecule has 1 fully saturated rings. The summed E-state index contributed by atoms with van der Waals surface area (Å²) in [7, 11) is 2.08. The molecule has 1 N–H and O–H groups in total. The van der Waals surface area contributed by atoms with Crippen molar-refractivity contribution in [3.63, 3.8) is 0 Å². The van der Waals surface area contributed by atoms with Crippen molar-refractivity contribution >= 4 is 46.5 Å². The van der Waals surface area contributed by atoms with Gasteiger partial charge in [0.05, 0.1) is 4.34 Å². The summed E-state index contributed by atoms with van der Waals surface area (Å²) in [5, 5.41) is 5.72. The highest BCUT2D eigenvalue weighted by Crippen LogP contribution is 2.38. The molecule has 2 rings (SSSR count). The van der Waals surface area contributed by atoms with Crippen molar-refractivity contribution in [2.24, 2.45) is 0 Å². The van der Waals surface area contributed by atoms with Gasteiger partial charge >= 0.3 is 0 Å². The maximum absolute atomic E-state index is 6.00. The zero-order chi connectivity index (χ0) is 13.1. The zero-order valence-electron chi connectivity index (χ0n) is 11.0. The molecule has 1 saturated heterocycles. The average molecular weight is 322 g/mol. The van der Waals surface area contributed by atoms with E-state index in [2.05, 4.69) is 55.8 Å². The van der Waals surface area contributed by atoms with E-state index in [0.717, 1.165) is 21.3 Å². The lowest BCUT2D eigenvalue weighted by atomic mass is 10.1. The highest BCUT2D eigenvalue weighted by Gasteiger charge is 2.30. The Morgan fingerprint density at radius 1 is 1.39 bits per heavy atom. The van der Waals surface area contributed by atoms with Crippen molar-refractivity contribution < 1.29 is 0 Å². The van der Waals surface area contributed by atoms with Crippen molar-refractivity contribution in [2.75, 3.05) is 12.8 Å². The van der Waals surface area contributed by atoms with E-state index in [1.807, 2.05) is 6.07 Å². The molecule has 4 atom stereocenters. The fourth-order valence-electron chi connectivity index (χ4n) is 2.12. The van der Waals surface area contributed by atoms with Gasteiger partial charge in [0.25, 0.3) is 0 Å². The fraction of sp³-hybridized carbons (Fsp3) is 0.692. The van der Waals surface area contributed by atoms with Crippen LogP contribution < -0.4 is 5.32 Å². The van der Waals surface area contributed by atoms with Gasteiger partial charge in [-0.2, -0.15) is 23.5 Å². The first-order chi connectivity index (χ1) is 8.60. The van der Waals surface area contributed by atoms with E-state index in [9.17, 15) is 0 Å². The topological polar surface area (TPSA) is 12.0 Å². The lowest BCUT2D eigenvalue weighted by Gasteiger charge is -2.35. The Labute approximate surface area is 127 Å². The van der Waals surface area contributed by atoms with Crippen LogP contribution in [0.5, 0.6) is 0 Å². The third-order valence-electron chi connectivity index (χ3n) is 3.44. The van der Waals surface area contributed by atoms with Crippen LogP contribution in [0.25, 0.3) is 0 Å². The summed E-state index contributed by atoms with van der Waals surface area (Å²) >= 11 is 12.0. The fourth-order valence-corrected chi connectivity index (χ4v) is 6.43. The number of rotatable bonds is 4. The molecule has 2 heterocycles. The van der Waals surface area contributed by atoms with Gasteiger partial charge in [0.2, 0.25) is 0 Å². The maximum Gasteiger partial charge on any atom is 0.0931 e. The summed E-state index contributed by atoms with van der Waals surface area (Å²) in [5.74, 6) is 1.25. The van der Waals surface area contributed by atoms with Crippen molar-refractivity contribution in [3.8, 4) is 0 Å². The van der Waals surface area contributed by atoms with Crippen molar-refractivity contribution in [1.82, 2.24) is 5.32 Å². The Bertz CT molecular complexity index is 382. The predicted molar refractivity (Wildman–Crippen MR) is 88.6 cm³/mol. The lowest BCUT2D eigenvalue weighted by Crippen LogP contribution is -2.43. The van der Waals surface area contributed by atoms with Crippen LogP contribution in [0.3, 0.4) is 0 Å². The maximum atomic E-state index is 6.00. The molecule has 0 aliphatic carbocycles. The number of thiophene rings is 1. The monoisotopic (exact) mass is 321 g/mol. The minimum atomic E-state index is 0.548. The molecular weight excluding hydrogens is 302 g/mol. The molecule has 0 saturated carbocycles. The normalized spacial score (nSPS) is 30.3. The zero-order valence-corrected chi connectivity index (χ0v) is 14.2. The second-order valence-electron chi connectivity index (χ2n) is 4.72. The van der Waals surface area contributed by atoms with E-state index in [-0.39, 0.29) is 0 Å². The first-order valence-electron chi connectivity index (χ1n) is 6.28. The minimum absolute atomic E-state index is 0.548. The highest BCUT2D eigenvalue weighted by molar-refractivity contribution is 8.07. The molecule has 1 aromatic rings. The molecular formula is C13H20ClNS3. The van der Waals surface area contributed by atoms with Crippen LogP contribution in [0.4, 0.5) is 0 Å². The average Bonchev–Trinajstić information content (AvgIpc) is 2.75. The smallest absolute Gasteiger partial charge is 0.0931 e.